The van der Waals surface area contributed by atoms with Crippen molar-refractivity contribution in [3.63, 3.8) is 0 Å². The summed E-state index contributed by atoms with van der Waals surface area (Å²) in [6, 6.07) is 46.9. The Balaban J connectivity index is 0.964. The van der Waals surface area contributed by atoms with E-state index in [0.29, 0.717) is 190 Å². The smallest absolute Gasteiger partial charge is 0.254 e. The van der Waals surface area contributed by atoms with Crippen molar-refractivity contribution in [2.45, 2.75) is 75.5 Å². The predicted molar refractivity (Wildman–Crippen MR) is 384 cm³/mol. The molecule has 494 valence electrons. The van der Waals surface area contributed by atoms with Crippen molar-refractivity contribution >= 4 is 116 Å². The quantitative estimate of drug-likeness (QED) is 0.0837. The zero-order chi connectivity index (χ0) is 67.9. The number of hydrogen-bond donors (Lipinski definition) is 6. The number of para-hydroxylation sites is 4. The first kappa shape index (κ1) is 61.3. The average Bonchev–Trinajstić information content (AvgIpc) is 1.57. The zero-order valence-electron chi connectivity index (χ0n) is 54.2. The summed E-state index contributed by atoms with van der Waals surface area (Å²) in [6.45, 7) is 1.17. The van der Waals surface area contributed by atoms with Gasteiger partial charge in [-0.25, -0.2) is 9.97 Å². The second-order valence-electron chi connectivity index (χ2n) is 26.4. The van der Waals surface area contributed by atoms with E-state index >= 15 is 19.2 Å². The van der Waals surface area contributed by atoms with Gasteiger partial charge in [0.25, 0.3) is 23.6 Å². The van der Waals surface area contributed by atoms with Gasteiger partial charge in [-0.3, -0.25) is 38.4 Å². The van der Waals surface area contributed by atoms with Crippen molar-refractivity contribution in [2.75, 3.05) is 47.4 Å². The summed E-state index contributed by atoms with van der Waals surface area (Å²) in [6.07, 6.45) is 11.3. The number of carbonyl (C=O) groups is 8. The highest BCUT2D eigenvalue weighted by Crippen LogP contribution is 2.44. The lowest BCUT2D eigenvalue weighted by atomic mass is 10.0. The average molecular weight is 1320 g/mol. The van der Waals surface area contributed by atoms with E-state index in [9.17, 15) is 19.2 Å². The summed E-state index contributed by atoms with van der Waals surface area (Å²) in [5.74, 6) is -3.32. The summed E-state index contributed by atoms with van der Waals surface area (Å²) >= 11 is 0. The monoisotopic (exact) mass is 1320 g/mol. The molecule has 20 nitrogen and oxygen atoms in total. The van der Waals surface area contributed by atoms with Gasteiger partial charge in [-0.1, -0.05) is 84.9 Å². The summed E-state index contributed by atoms with van der Waals surface area (Å²) in [5.41, 5.74) is 11.5. The molecule has 10 aliphatic rings. The van der Waals surface area contributed by atoms with Crippen molar-refractivity contribution in [2.24, 2.45) is 0 Å². The zero-order valence-corrected chi connectivity index (χ0v) is 54.2. The van der Waals surface area contributed by atoms with E-state index < -0.39 is 71.4 Å². The molecule has 6 N–H and O–H groups in total. The minimum atomic E-state index is -0.894. The van der Waals surface area contributed by atoms with Crippen LogP contribution in [0.5, 0.6) is 0 Å². The van der Waals surface area contributed by atoms with Gasteiger partial charge in [0, 0.05) is 138 Å². The maximum absolute atomic E-state index is 15.2. The van der Waals surface area contributed by atoms with Crippen LogP contribution in [0.3, 0.4) is 0 Å². The van der Waals surface area contributed by atoms with Gasteiger partial charge < -0.3 is 50.8 Å². The van der Waals surface area contributed by atoms with E-state index in [2.05, 4.69) is 31.2 Å². The van der Waals surface area contributed by atoms with E-state index in [1.165, 1.54) is 0 Å². The van der Waals surface area contributed by atoms with E-state index in [0.717, 1.165) is 0 Å². The van der Waals surface area contributed by atoms with Crippen molar-refractivity contribution < 1.29 is 38.4 Å². The molecule has 4 unspecified atom stereocenters. The minimum Gasteiger partial charge on any atom is -0.354 e. The number of amides is 8. The second-order valence-corrected chi connectivity index (χ2v) is 26.4. The van der Waals surface area contributed by atoms with Crippen molar-refractivity contribution in [3.8, 4) is 44.5 Å². The Morgan fingerprint density at radius 3 is 0.780 bits per heavy atom. The lowest BCUT2D eigenvalue weighted by Crippen LogP contribution is -2.44. The van der Waals surface area contributed by atoms with Crippen LogP contribution < -0.4 is 21.3 Å². The van der Waals surface area contributed by atoms with Crippen LogP contribution in [0.25, 0.3) is 90.9 Å². The fraction of sp³-hybridized carbons (Fsp3) is 0.200. The SMILES string of the molecule is O=C1Nc2ccccc2-c2c3nc(c4c5ccc([nH]5)c(c5nc(c(c6ccc2[nH]6)-c2ccccc2NC(=O)C2CCCN2C(=O)c2cccc(c2)C(=O)N2CCCC2C(=O)Nc2ccccc2-4)C=C5)-c2ccccc2NC(=O)C2CCCN2C(=O)c2cccc(c2)C(=O)N2CCCC12)C=C3. The number of fused-ring (bicyclic) bond motifs is 4. The Morgan fingerprint density at radius 1 is 0.290 bits per heavy atom. The molecule has 0 saturated carbocycles. The molecule has 3 aromatic heterocycles. The van der Waals surface area contributed by atoms with Crippen LogP contribution in [0.2, 0.25) is 0 Å². The lowest BCUT2D eigenvalue weighted by molar-refractivity contribution is -0.120. The number of nitrogens with zero attached hydrogens (tertiary/aromatic N) is 6. The van der Waals surface area contributed by atoms with Gasteiger partial charge in [-0.05, 0) is 161 Å². The third-order valence-electron chi connectivity index (χ3n) is 20.5. The molecule has 6 aromatic carbocycles. The summed E-state index contributed by atoms with van der Waals surface area (Å²) < 4.78 is 0. The van der Waals surface area contributed by atoms with E-state index in [4.69, 9.17) is 9.97 Å². The number of rotatable bonds is 0. The first-order valence-electron chi connectivity index (χ1n) is 34.1. The molecule has 4 saturated heterocycles. The number of aromatic amines is 2. The lowest BCUT2D eigenvalue weighted by Gasteiger charge is -2.26. The summed E-state index contributed by atoms with van der Waals surface area (Å²) in [5, 5.41) is 13.0. The Kier molecular flexibility index (Phi) is 15.3. The molecule has 0 radical (unpaired) electrons. The van der Waals surface area contributed by atoms with E-state index in [1.807, 2.05) is 146 Å². The molecular formula is C80H66N12O8. The molecular weight excluding hydrogens is 1260 g/mol. The third kappa shape index (κ3) is 10.7. The van der Waals surface area contributed by atoms with Gasteiger partial charge in [0.05, 0.1) is 22.8 Å². The Bertz CT molecular complexity index is 4650. The number of aromatic nitrogens is 4. The van der Waals surface area contributed by atoms with Gasteiger partial charge in [-0.2, -0.15) is 0 Å². The number of nitrogens with one attached hydrogen (secondary N) is 6. The van der Waals surface area contributed by atoms with Gasteiger partial charge in [0.2, 0.25) is 23.6 Å². The van der Waals surface area contributed by atoms with Crippen LogP contribution in [0.15, 0.2) is 170 Å². The second kappa shape index (κ2) is 25.0. The normalized spacial score (nSPS) is 19.8. The molecule has 4 atom stereocenters. The van der Waals surface area contributed by atoms with Crippen molar-refractivity contribution in [1.29, 1.82) is 0 Å². The molecule has 0 aliphatic carbocycles. The molecule has 13 heterocycles. The molecule has 19 rings (SSSR count). The molecule has 9 aromatic rings. The first-order chi connectivity index (χ1) is 48.9. The largest absolute Gasteiger partial charge is 0.354 e. The van der Waals surface area contributed by atoms with Crippen LogP contribution in [0.1, 0.15) is 116 Å². The van der Waals surface area contributed by atoms with Crippen LogP contribution >= 0.6 is 0 Å². The molecule has 16 bridgehead atoms. The Labute approximate surface area is 573 Å². The van der Waals surface area contributed by atoms with E-state index in [1.54, 1.807) is 68.1 Å². The maximum Gasteiger partial charge on any atom is 0.254 e. The van der Waals surface area contributed by atoms with Gasteiger partial charge >= 0.3 is 0 Å². The summed E-state index contributed by atoms with van der Waals surface area (Å²) in [4.78, 5) is 145. The predicted octanol–water partition coefficient (Wildman–Crippen LogP) is 12.9. The number of H-pyrrole nitrogens is 2. The van der Waals surface area contributed by atoms with Gasteiger partial charge in [-0.15, -0.1) is 0 Å². The first-order valence-corrected chi connectivity index (χ1v) is 34.1. The number of benzene rings is 6. The maximum atomic E-state index is 15.2. The highest BCUT2D eigenvalue weighted by molar-refractivity contribution is 6.12. The molecule has 10 aliphatic heterocycles. The van der Waals surface area contributed by atoms with Gasteiger partial charge in [0.15, 0.2) is 0 Å². The van der Waals surface area contributed by atoms with Crippen LogP contribution in [-0.4, -0.2) is 137 Å². The van der Waals surface area contributed by atoms with E-state index in [-0.39, 0.29) is 22.3 Å². The van der Waals surface area contributed by atoms with Crippen LogP contribution in [-0.2, 0) is 19.2 Å². The fourth-order valence-electron chi connectivity index (χ4n) is 15.8. The standard InChI is InChI=1S/C80H66N12O8/c93-73-65-27-11-39-89(65)77(97)45-15-9-16-46(43-45)78(98)92-42-14-30-68(92)76(96)88-56-26-8-4-22-52(56)72-63-37-35-61(83-63)70-50-20-2-6-24-54(50)86-74(94)66-28-12-40-90(66)79(99)47-17-10-18-48(44-47)80(100)91-41-13-29-67(91)75(95)87-55-25-7-3-21-51(55)71(62-36-38-64(72)84-62)60-34-32-58(82-60)69(57-31-33-59(70)81-57)49-19-1-5-23-53(49)85-73/h1-10,15-26,31-38,43-44,65-68,81,84H,11-14,27-30,39-42H2,(H,85,93)(H,86,94)(H,87,95)(H,88,96). The molecule has 0 spiro atoms. The van der Waals surface area contributed by atoms with Crippen LogP contribution in [0, 0.1) is 0 Å². The summed E-state index contributed by atoms with van der Waals surface area (Å²) in [7, 11) is 0. The minimum absolute atomic E-state index is 0.233. The Morgan fingerprint density at radius 2 is 0.530 bits per heavy atom. The highest BCUT2D eigenvalue weighted by atomic mass is 16.2. The van der Waals surface area contributed by atoms with Gasteiger partial charge in [0.1, 0.15) is 24.2 Å². The number of anilines is 4. The van der Waals surface area contributed by atoms with Crippen molar-refractivity contribution in [3.05, 3.63) is 215 Å². The highest BCUT2D eigenvalue weighted by Gasteiger charge is 2.41. The topological polar surface area (TPSA) is 255 Å². The van der Waals surface area contributed by atoms with Crippen molar-refractivity contribution in [1.82, 2.24) is 39.5 Å². The number of hydrogen-bond acceptors (Lipinski definition) is 10. The molecule has 8 amide bonds. The molecule has 100 heavy (non-hydrogen) atoms. The fourth-order valence-corrected chi connectivity index (χ4v) is 15.8. The Hall–Kier alpha value is -12.3. The number of carbonyl (C=O) groups excluding carboxylic acids is 8. The third-order valence-corrected chi connectivity index (χ3v) is 20.5. The molecule has 20 heteroatoms. The van der Waals surface area contributed by atoms with Crippen LogP contribution in [0.4, 0.5) is 22.7 Å². The molecule has 4 fully saturated rings.